The standard InChI is InChI=1S/C8H17N/c1-8(2)4-3-5-9-6-7-9/h8H,3-7H2,1-2H3. The monoisotopic (exact) mass is 127 g/mol. The van der Waals surface area contributed by atoms with Crippen molar-refractivity contribution in [1.29, 1.82) is 0 Å². The lowest BCUT2D eigenvalue weighted by atomic mass is 10.1. The van der Waals surface area contributed by atoms with Gasteiger partial charge in [0.25, 0.3) is 0 Å². The third-order valence-electron chi connectivity index (χ3n) is 1.80. The van der Waals surface area contributed by atoms with Crippen LogP contribution < -0.4 is 0 Å². The van der Waals surface area contributed by atoms with E-state index in [1.165, 1.54) is 32.5 Å². The summed E-state index contributed by atoms with van der Waals surface area (Å²) in [6.45, 7) is 8.65. The van der Waals surface area contributed by atoms with Crippen LogP contribution in [0.15, 0.2) is 0 Å². The van der Waals surface area contributed by atoms with Crippen LogP contribution in [0, 0.1) is 5.92 Å². The highest BCUT2D eigenvalue weighted by atomic mass is 15.2. The molecule has 0 aromatic carbocycles. The van der Waals surface area contributed by atoms with E-state index in [1.54, 1.807) is 0 Å². The van der Waals surface area contributed by atoms with Crippen molar-refractivity contribution < 1.29 is 0 Å². The maximum atomic E-state index is 2.49. The summed E-state index contributed by atoms with van der Waals surface area (Å²) >= 11 is 0. The quantitative estimate of drug-likeness (QED) is 0.520. The highest BCUT2D eigenvalue weighted by molar-refractivity contribution is 4.71. The van der Waals surface area contributed by atoms with Crippen molar-refractivity contribution in [2.75, 3.05) is 19.6 Å². The molecule has 0 atom stereocenters. The first-order valence-corrected chi connectivity index (χ1v) is 4.01. The second kappa shape index (κ2) is 3.21. The molecule has 0 saturated carbocycles. The first-order chi connectivity index (χ1) is 4.29. The minimum Gasteiger partial charge on any atom is -0.301 e. The summed E-state index contributed by atoms with van der Waals surface area (Å²) in [6, 6.07) is 0. The Labute approximate surface area is 58.0 Å². The van der Waals surface area contributed by atoms with Gasteiger partial charge in [-0.05, 0) is 25.3 Å². The maximum absolute atomic E-state index is 2.49. The molecule has 1 fully saturated rings. The van der Waals surface area contributed by atoms with Gasteiger partial charge >= 0.3 is 0 Å². The summed E-state index contributed by atoms with van der Waals surface area (Å²) in [4.78, 5) is 2.49. The number of hydrogen-bond donors (Lipinski definition) is 0. The number of nitrogens with zero attached hydrogens (tertiary/aromatic N) is 1. The van der Waals surface area contributed by atoms with Gasteiger partial charge in [0.1, 0.15) is 0 Å². The molecule has 0 amide bonds. The minimum absolute atomic E-state index is 0.893. The molecule has 0 aromatic heterocycles. The van der Waals surface area contributed by atoms with Crippen molar-refractivity contribution >= 4 is 0 Å². The van der Waals surface area contributed by atoms with E-state index in [0.29, 0.717) is 0 Å². The van der Waals surface area contributed by atoms with Crippen LogP contribution in [-0.4, -0.2) is 24.5 Å². The lowest BCUT2D eigenvalue weighted by molar-refractivity contribution is 0.472. The van der Waals surface area contributed by atoms with Gasteiger partial charge in [-0.25, -0.2) is 0 Å². The third kappa shape index (κ3) is 3.52. The van der Waals surface area contributed by atoms with Gasteiger partial charge in [0.05, 0.1) is 0 Å². The molecule has 1 rings (SSSR count). The van der Waals surface area contributed by atoms with Gasteiger partial charge in [-0.15, -0.1) is 0 Å². The SMILES string of the molecule is CC(C)CCCN1CC1. The fourth-order valence-corrected chi connectivity index (χ4v) is 1.02. The average molecular weight is 127 g/mol. The lowest BCUT2D eigenvalue weighted by Gasteiger charge is -2.03. The largest absolute Gasteiger partial charge is 0.301 e. The van der Waals surface area contributed by atoms with Crippen LogP contribution in [0.4, 0.5) is 0 Å². The lowest BCUT2D eigenvalue weighted by Crippen LogP contribution is -2.00. The summed E-state index contributed by atoms with van der Waals surface area (Å²) in [5.41, 5.74) is 0. The predicted octanol–water partition coefficient (Wildman–Crippen LogP) is 1.74. The highest BCUT2D eigenvalue weighted by Gasteiger charge is 2.15. The molecule has 0 spiro atoms. The van der Waals surface area contributed by atoms with Crippen molar-refractivity contribution in [3.8, 4) is 0 Å². The van der Waals surface area contributed by atoms with Crippen LogP contribution in [0.5, 0.6) is 0 Å². The van der Waals surface area contributed by atoms with Crippen molar-refractivity contribution in [1.82, 2.24) is 4.90 Å². The van der Waals surface area contributed by atoms with E-state index in [4.69, 9.17) is 0 Å². The maximum Gasteiger partial charge on any atom is 0.0110 e. The Kier molecular flexibility index (Phi) is 2.52. The van der Waals surface area contributed by atoms with E-state index in [2.05, 4.69) is 18.7 Å². The molecule has 1 saturated heterocycles. The van der Waals surface area contributed by atoms with Crippen LogP contribution >= 0.6 is 0 Å². The molecule has 54 valence electrons. The molecule has 0 aliphatic carbocycles. The van der Waals surface area contributed by atoms with E-state index in [1.807, 2.05) is 0 Å². The average Bonchev–Trinajstić information content (AvgIpc) is 2.48. The normalized spacial score (nSPS) is 19.0. The minimum atomic E-state index is 0.893. The second-order valence-electron chi connectivity index (χ2n) is 3.38. The van der Waals surface area contributed by atoms with Crippen molar-refractivity contribution in [3.05, 3.63) is 0 Å². The molecule has 0 N–H and O–H groups in total. The Morgan fingerprint density at radius 1 is 1.33 bits per heavy atom. The molecule has 0 bridgehead atoms. The van der Waals surface area contributed by atoms with Crippen LogP contribution in [-0.2, 0) is 0 Å². The molecule has 0 radical (unpaired) electrons. The Morgan fingerprint density at radius 2 is 2.00 bits per heavy atom. The molecule has 1 heteroatoms. The topological polar surface area (TPSA) is 3.01 Å². The first-order valence-electron chi connectivity index (χ1n) is 4.01. The number of rotatable bonds is 4. The fourth-order valence-electron chi connectivity index (χ4n) is 1.02. The van der Waals surface area contributed by atoms with Gasteiger partial charge in [0, 0.05) is 13.1 Å². The molecule has 9 heavy (non-hydrogen) atoms. The Hall–Kier alpha value is -0.0400. The Balaban J connectivity index is 1.81. The molecule has 1 aliphatic heterocycles. The van der Waals surface area contributed by atoms with Crippen LogP contribution in [0.25, 0.3) is 0 Å². The highest BCUT2D eigenvalue weighted by Crippen LogP contribution is 2.09. The van der Waals surface area contributed by atoms with Crippen molar-refractivity contribution in [2.24, 2.45) is 5.92 Å². The zero-order valence-electron chi connectivity index (χ0n) is 6.56. The summed E-state index contributed by atoms with van der Waals surface area (Å²) in [5, 5.41) is 0. The zero-order chi connectivity index (χ0) is 6.69. The molecule has 1 nitrogen and oxygen atoms in total. The van der Waals surface area contributed by atoms with Gasteiger partial charge in [0.15, 0.2) is 0 Å². The molecule has 1 heterocycles. The van der Waals surface area contributed by atoms with Crippen LogP contribution in [0.3, 0.4) is 0 Å². The second-order valence-corrected chi connectivity index (χ2v) is 3.38. The van der Waals surface area contributed by atoms with E-state index in [9.17, 15) is 0 Å². The van der Waals surface area contributed by atoms with Gasteiger partial charge < -0.3 is 4.90 Å². The van der Waals surface area contributed by atoms with E-state index < -0.39 is 0 Å². The Morgan fingerprint density at radius 3 is 2.44 bits per heavy atom. The van der Waals surface area contributed by atoms with Gasteiger partial charge in [0.2, 0.25) is 0 Å². The van der Waals surface area contributed by atoms with Gasteiger partial charge in [-0.3, -0.25) is 0 Å². The molecule has 1 aliphatic rings. The van der Waals surface area contributed by atoms with Crippen molar-refractivity contribution in [2.45, 2.75) is 26.7 Å². The van der Waals surface area contributed by atoms with Crippen LogP contribution in [0.1, 0.15) is 26.7 Å². The molecule has 0 aromatic rings. The molecular formula is C8H17N. The summed E-state index contributed by atoms with van der Waals surface area (Å²) in [6.07, 6.45) is 2.80. The summed E-state index contributed by atoms with van der Waals surface area (Å²) in [7, 11) is 0. The summed E-state index contributed by atoms with van der Waals surface area (Å²) < 4.78 is 0. The van der Waals surface area contributed by atoms with Crippen molar-refractivity contribution in [3.63, 3.8) is 0 Å². The van der Waals surface area contributed by atoms with Gasteiger partial charge in [-0.2, -0.15) is 0 Å². The fraction of sp³-hybridized carbons (Fsp3) is 1.00. The first kappa shape index (κ1) is 7.07. The van der Waals surface area contributed by atoms with E-state index >= 15 is 0 Å². The van der Waals surface area contributed by atoms with E-state index in [-0.39, 0.29) is 0 Å². The Bertz CT molecular complexity index is 72.6. The summed E-state index contributed by atoms with van der Waals surface area (Å²) in [5.74, 6) is 0.893. The van der Waals surface area contributed by atoms with Crippen LogP contribution in [0.2, 0.25) is 0 Å². The van der Waals surface area contributed by atoms with Gasteiger partial charge in [-0.1, -0.05) is 13.8 Å². The van der Waals surface area contributed by atoms with E-state index in [0.717, 1.165) is 5.92 Å². The number of hydrogen-bond acceptors (Lipinski definition) is 1. The molecular weight excluding hydrogens is 110 g/mol. The molecule has 0 unspecified atom stereocenters. The zero-order valence-corrected chi connectivity index (χ0v) is 6.56. The predicted molar refractivity (Wildman–Crippen MR) is 40.5 cm³/mol. The third-order valence-corrected chi connectivity index (χ3v) is 1.80. The smallest absolute Gasteiger partial charge is 0.0110 e.